The molecule has 0 fully saturated rings. The molecule has 20 heavy (non-hydrogen) atoms. The Morgan fingerprint density at radius 3 is 2.40 bits per heavy atom. The van der Waals surface area contributed by atoms with Crippen LogP contribution in [0.5, 0.6) is 0 Å². The molecule has 104 valence electrons. The Balaban J connectivity index is 1.97. The van der Waals surface area contributed by atoms with Crippen LogP contribution in [0.1, 0.15) is 39.9 Å². The topological polar surface area (TPSA) is 0 Å². The van der Waals surface area contributed by atoms with Crippen LogP contribution in [-0.2, 0) is 12.8 Å². The van der Waals surface area contributed by atoms with Crippen LogP contribution in [0.15, 0.2) is 45.3 Å². The van der Waals surface area contributed by atoms with Crippen LogP contribution in [0.3, 0.4) is 0 Å². The molecule has 0 saturated heterocycles. The molecule has 0 bridgehead atoms. The quantitative estimate of drug-likeness (QED) is 0.446. The standard InChI is InChI=1S/C17H15Br3/c18-14-7-8-16(19)15(10-14)17(20)13-6-5-11-3-1-2-4-12(11)9-13/h5-10,17H,1-4H2. The molecule has 1 unspecified atom stereocenters. The Bertz CT molecular complexity index is 634. The summed E-state index contributed by atoms with van der Waals surface area (Å²) in [5, 5.41) is 0. The molecule has 3 heteroatoms. The SMILES string of the molecule is Brc1ccc(Br)c(C(Br)c2ccc3c(c2)CCCC3)c1. The van der Waals surface area contributed by atoms with Crippen molar-refractivity contribution in [3.05, 3.63) is 67.6 Å². The van der Waals surface area contributed by atoms with E-state index in [0.29, 0.717) is 0 Å². The van der Waals surface area contributed by atoms with Crippen LogP contribution in [0.2, 0.25) is 0 Å². The first-order chi connectivity index (χ1) is 9.65. The normalized spacial score (nSPS) is 15.8. The maximum Gasteiger partial charge on any atom is 0.0656 e. The Kier molecular flexibility index (Phi) is 4.68. The van der Waals surface area contributed by atoms with Crippen molar-refractivity contribution in [2.75, 3.05) is 0 Å². The molecule has 0 spiro atoms. The molecule has 1 atom stereocenters. The Hall–Kier alpha value is -0.120. The predicted molar refractivity (Wildman–Crippen MR) is 95.7 cm³/mol. The van der Waals surface area contributed by atoms with E-state index >= 15 is 0 Å². The van der Waals surface area contributed by atoms with Gasteiger partial charge in [-0.15, -0.1) is 0 Å². The molecule has 0 amide bonds. The first kappa shape index (κ1) is 14.8. The highest BCUT2D eigenvalue weighted by molar-refractivity contribution is 9.11. The van der Waals surface area contributed by atoms with Gasteiger partial charge in [0.25, 0.3) is 0 Å². The van der Waals surface area contributed by atoms with Gasteiger partial charge in [0.2, 0.25) is 0 Å². The summed E-state index contributed by atoms with van der Waals surface area (Å²) in [6.07, 6.45) is 5.12. The first-order valence-corrected chi connectivity index (χ1v) is 9.36. The van der Waals surface area contributed by atoms with E-state index in [-0.39, 0.29) is 4.83 Å². The molecular weight excluding hydrogens is 444 g/mol. The van der Waals surface area contributed by atoms with Crippen molar-refractivity contribution in [1.82, 2.24) is 0 Å². The lowest BCUT2D eigenvalue weighted by atomic mass is 9.89. The van der Waals surface area contributed by atoms with Crippen molar-refractivity contribution in [2.24, 2.45) is 0 Å². The number of hydrogen-bond acceptors (Lipinski definition) is 0. The Morgan fingerprint density at radius 1 is 0.850 bits per heavy atom. The van der Waals surface area contributed by atoms with Crippen LogP contribution in [-0.4, -0.2) is 0 Å². The molecule has 0 heterocycles. The first-order valence-electron chi connectivity index (χ1n) is 6.86. The third-order valence-electron chi connectivity index (χ3n) is 3.90. The molecule has 0 N–H and O–H groups in total. The zero-order valence-corrected chi connectivity index (χ0v) is 15.8. The van der Waals surface area contributed by atoms with E-state index in [1.807, 2.05) is 0 Å². The molecule has 0 nitrogen and oxygen atoms in total. The second-order valence-electron chi connectivity index (χ2n) is 5.26. The number of benzene rings is 2. The second kappa shape index (κ2) is 6.33. The zero-order valence-electron chi connectivity index (χ0n) is 11.0. The molecule has 2 aromatic rings. The summed E-state index contributed by atoms with van der Waals surface area (Å²) in [6.45, 7) is 0. The minimum absolute atomic E-state index is 0.224. The van der Waals surface area contributed by atoms with Gasteiger partial charge in [0, 0.05) is 8.95 Å². The summed E-state index contributed by atoms with van der Waals surface area (Å²) in [7, 11) is 0. The highest BCUT2D eigenvalue weighted by Gasteiger charge is 2.17. The number of fused-ring (bicyclic) bond motifs is 1. The number of aryl methyl sites for hydroxylation is 2. The lowest BCUT2D eigenvalue weighted by molar-refractivity contribution is 0.684. The van der Waals surface area contributed by atoms with Crippen molar-refractivity contribution in [3.8, 4) is 0 Å². The van der Waals surface area contributed by atoms with Gasteiger partial charge in [-0.3, -0.25) is 0 Å². The second-order valence-corrected chi connectivity index (χ2v) is 7.95. The van der Waals surface area contributed by atoms with Gasteiger partial charge in [0.05, 0.1) is 4.83 Å². The van der Waals surface area contributed by atoms with E-state index in [4.69, 9.17) is 0 Å². The highest BCUT2D eigenvalue weighted by atomic mass is 79.9. The molecule has 0 aromatic heterocycles. The van der Waals surface area contributed by atoms with Gasteiger partial charge in [0.1, 0.15) is 0 Å². The van der Waals surface area contributed by atoms with Crippen LogP contribution >= 0.6 is 47.8 Å². The molecule has 1 aliphatic carbocycles. The van der Waals surface area contributed by atoms with Gasteiger partial charge < -0.3 is 0 Å². The molecule has 1 aliphatic rings. The predicted octanol–water partition coefficient (Wildman–Crippen LogP) is 6.57. The van der Waals surface area contributed by atoms with E-state index in [0.717, 1.165) is 8.95 Å². The van der Waals surface area contributed by atoms with Gasteiger partial charge in [-0.25, -0.2) is 0 Å². The van der Waals surface area contributed by atoms with Crippen molar-refractivity contribution in [3.63, 3.8) is 0 Å². The maximum absolute atomic E-state index is 3.86. The summed E-state index contributed by atoms with van der Waals surface area (Å²) >= 11 is 11.1. The van der Waals surface area contributed by atoms with Gasteiger partial charge >= 0.3 is 0 Å². The minimum Gasteiger partial charge on any atom is -0.0786 e. The lowest BCUT2D eigenvalue weighted by Gasteiger charge is -2.19. The summed E-state index contributed by atoms with van der Waals surface area (Å²) in [5.41, 5.74) is 5.66. The largest absolute Gasteiger partial charge is 0.0786 e. The molecule has 0 saturated carbocycles. The fourth-order valence-corrected chi connectivity index (χ4v) is 4.62. The maximum atomic E-state index is 3.86. The van der Waals surface area contributed by atoms with E-state index in [1.165, 1.54) is 47.9 Å². The Labute approximate surface area is 145 Å². The van der Waals surface area contributed by atoms with Crippen molar-refractivity contribution in [2.45, 2.75) is 30.5 Å². The average molecular weight is 459 g/mol. The van der Waals surface area contributed by atoms with E-state index in [9.17, 15) is 0 Å². The van der Waals surface area contributed by atoms with Gasteiger partial charge in [-0.05, 0) is 66.1 Å². The van der Waals surface area contributed by atoms with E-state index in [2.05, 4.69) is 84.2 Å². The van der Waals surface area contributed by atoms with Crippen molar-refractivity contribution < 1.29 is 0 Å². The average Bonchev–Trinajstić information content (AvgIpc) is 2.48. The van der Waals surface area contributed by atoms with Crippen molar-refractivity contribution in [1.29, 1.82) is 0 Å². The molecule has 2 aromatic carbocycles. The zero-order chi connectivity index (χ0) is 14.1. The molecular formula is C17H15Br3. The lowest BCUT2D eigenvalue weighted by Crippen LogP contribution is -2.04. The number of alkyl halides is 1. The third-order valence-corrected chi connectivity index (χ3v) is 6.13. The van der Waals surface area contributed by atoms with E-state index < -0.39 is 0 Å². The number of hydrogen-bond donors (Lipinski definition) is 0. The van der Waals surface area contributed by atoms with Gasteiger partial charge in [-0.2, -0.15) is 0 Å². The number of rotatable bonds is 2. The summed E-state index contributed by atoms with van der Waals surface area (Å²) in [5.74, 6) is 0. The van der Waals surface area contributed by atoms with E-state index in [1.54, 1.807) is 0 Å². The minimum atomic E-state index is 0.224. The summed E-state index contributed by atoms with van der Waals surface area (Å²) < 4.78 is 2.25. The monoisotopic (exact) mass is 456 g/mol. The van der Waals surface area contributed by atoms with Crippen LogP contribution in [0.4, 0.5) is 0 Å². The third kappa shape index (κ3) is 3.05. The van der Waals surface area contributed by atoms with Crippen LogP contribution in [0.25, 0.3) is 0 Å². The molecule has 3 rings (SSSR count). The molecule has 0 radical (unpaired) electrons. The van der Waals surface area contributed by atoms with Crippen LogP contribution in [0, 0.1) is 0 Å². The molecule has 0 aliphatic heterocycles. The summed E-state index contributed by atoms with van der Waals surface area (Å²) in [6, 6.07) is 13.3. The Morgan fingerprint density at radius 2 is 1.60 bits per heavy atom. The van der Waals surface area contributed by atoms with Crippen LogP contribution < -0.4 is 0 Å². The number of halogens is 3. The summed E-state index contributed by atoms with van der Waals surface area (Å²) in [4.78, 5) is 0.224. The van der Waals surface area contributed by atoms with Gasteiger partial charge in [-0.1, -0.05) is 66.0 Å². The fraction of sp³-hybridized carbons (Fsp3) is 0.294. The smallest absolute Gasteiger partial charge is 0.0656 e. The fourth-order valence-electron chi connectivity index (χ4n) is 2.80. The van der Waals surface area contributed by atoms with Crippen molar-refractivity contribution >= 4 is 47.8 Å². The van der Waals surface area contributed by atoms with Gasteiger partial charge in [0.15, 0.2) is 0 Å². The highest BCUT2D eigenvalue weighted by Crippen LogP contribution is 2.38.